The Morgan fingerprint density at radius 2 is 0.739 bits per heavy atom. The summed E-state index contributed by atoms with van der Waals surface area (Å²) in [5.41, 5.74) is 7.09. The van der Waals surface area contributed by atoms with Crippen LogP contribution in [0.2, 0.25) is 15.1 Å². The molecule has 3 unspecified atom stereocenters. The summed E-state index contributed by atoms with van der Waals surface area (Å²) in [7, 11) is 0. The Kier molecular flexibility index (Phi) is 13.9. The molecule has 0 radical (unpaired) electrons. The van der Waals surface area contributed by atoms with Gasteiger partial charge in [0.05, 0.1) is 5.69 Å². The summed E-state index contributed by atoms with van der Waals surface area (Å²) >= 11 is 18.8. The average molecular weight is 991 g/mol. The summed E-state index contributed by atoms with van der Waals surface area (Å²) in [6.07, 6.45) is 16.3. The average Bonchev–Trinajstić information content (AvgIpc) is 4.03. The first-order chi connectivity index (χ1) is 33.1. The number of hydrogen-bond acceptors (Lipinski definition) is 6. The summed E-state index contributed by atoms with van der Waals surface area (Å²) < 4.78 is 0. The van der Waals surface area contributed by atoms with E-state index in [-0.39, 0.29) is 47.0 Å². The molecule has 6 N–H and O–H groups in total. The number of phenols is 2. The molecule has 3 saturated carbocycles. The number of carbonyl (C=O) groups is 3. The summed E-state index contributed by atoms with van der Waals surface area (Å²) in [5.74, 6) is 0.676. The first kappa shape index (κ1) is 48.9. The second-order valence-corrected chi connectivity index (χ2v) is 21.6. The maximum absolute atomic E-state index is 13.4. The fourth-order valence-electron chi connectivity index (χ4n) is 13.0. The van der Waals surface area contributed by atoms with Crippen LogP contribution in [0.15, 0.2) is 84.9 Å². The van der Waals surface area contributed by atoms with Gasteiger partial charge in [0.1, 0.15) is 22.3 Å². The molecule has 0 aromatic heterocycles. The lowest BCUT2D eigenvalue weighted by Crippen LogP contribution is -2.43. The summed E-state index contributed by atoms with van der Waals surface area (Å²) in [5, 5.41) is 41.5. The minimum absolute atomic E-state index is 0.0101. The van der Waals surface area contributed by atoms with E-state index < -0.39 is 16.4 Å². The van der Waals surface area contributed by atoms with Crippen LogP contribution >= 0.6 is 34.8 Å². The van der Waals surface area contributed by atoms with Gasteiger partial charge in [0, 0.05) is 37.9 Å². The summed E-state index contributed by atoms with van der Waals surface area (Å²) in [6, 6.07) is 25.4. The Morgan fingerprint density at radius 1 is 0.435 bits per heavy atom. The maximum atomic E-state index is 13.4. The van der Waals surface area contributed by atoms with Crippen molar-refractivity contribution in [1.82, 2.24) is 0 Å². The zero-order chi connectivity index (χ0) is 48.8. The third kappa shape index (κ3) is 8.59. The van der Waals surface area contributed by atoms with Gasteiger partial charge in [-0.15, -0.1) is 0 Å². The number of aliphatic hydroxyl groups is 1. The van der Waals surface area contributed by atoms with Crippen molar-refractivity contribution >= 4 is 69.6 Å². The number of aromatic hydroxyl groups is 2. The van der Waals surface area contributed by atoms with Crippen molar-refractivity contribution in [3.8, 4) is 11.5 Å². The van der Waals surface area contributed by atoms with E-state index in [4.69, 9.17) is 34.8 Å². The van der Waals surface area contributed by atoms with E-state index in [1.807, 2.05) is 75.4 Å². The highest BCUT2D eigenvalue weighted by Gasteiger charge is 2.56. The lowest BCUT2D eigenvalue weighted by Gasteiger charge is -2.39. The SMILES string of the molecule is Cc1cc(Cl)cc2c1NC(=O)C2(O)C1CCCCCC1.Cc1cc(Cl)cc2c1NC(=O)C2(c1ccc(O)cc1)C1CCCC1.Cc1cc(Cl)cc2c1NC(=O)C2(c1ccc(O)cc1)C1CCCCC1. The van der Waals surface area contributed by atoms with E-state index in [0.29, 0.717) is 20.6 Å². The molecular formula is C57H62Cl3N3O6. The lowest BCUT2D eigenvalue weighted by atomic mass is 9.62. The van der Waals surface area contributed by atoms with E-state index in [2.05, 4.69) is 16.0 Å². The van der Waals surface area contributed by atoms with E-state index in [1.54, 1.807) is 30.3 Å². The van der Waals surface area contributed by atoms with Crippen LogP contribution < -0.4 is 16.0 Å². The molecule has 11 rings (SSSR count). The molecule has 0 spiro atoms. The fourth-order valence-corrected chi connectivity index (χ4v) is 13.8. The minimum atomic E-state index is -1.41. The number of carbonyl (C=O) groups excluding carboxylic acids is 3. The molecular weight excluding hydrogens is 929 g/mol. The Morgan fingerprint density at radius 3 is 1.13 bits per heavy atom. The molecule has 5 aromatic carbocycles. The van der Waals surface area contributed by atoms with Crippen molar-refractivity contribution < 1.29 is 29.7 Å². The Labute approximate surface area is 420 Å². The molecule has 5 aromatic rings. The number of amides is 3. The van der Waals surface area contributed by atoms with Crippen LogP contribution in [0.1, 0.15) is 141 Å². The van der Waals surface area contributed by atoms with Crippen molar-refractivity contribution in [3.63, 3.8) is 0 Å². The number of rotatable bonds is 5. The van der Waals surface area contributed by atoms with Gasteiger partial charge in [0.15, 0.2) is 5.60 Å². The number of phenolic OH excluding ortho intramolecular Hbond substituents is 2. The number of aryl methyl sites for hydroxylation is 3. The first-order valence-electron chi connectivity index (χ1n) is 24.8. The molecule has 3 atom stereocenters. The van der Waals surface area contributed by atoms with Crippen molar-refractivity contribution in [2.45, 2.75) is 134 Å². The summed E-state index contributed by atoms with van der Waals surface area (Å²) in [6.45, 7) is 5.87. The standard InChI is InChI=1S/C21H22ClNO2.C20H20ClNO2.C16H20ClNO2/c1-13-11-16(22)12-18-19(13)23-20(25)21(18,14-5-3-2-4-6-14)15-7-9-17(24)10-8-15;1-12-10-15(21)11-17-18(12)22-19(24)20(17,13-4-2-3-5-13)14-6-8-16(23)9-7-14;1-10-8-12(17)9-13-14(10)18-15(19)16(13,20)11-6-4-2-3-5-7-11/h7-12,14,24H,2-6H2,1H3,(H,23,25);6-11,13,23H,2-5H2,1H3,(H,22,24);8-9,11,20H,2-7H2,1H3,(H,18,19). The van der Waals surface area contributed by atoms with Crippen LogP contribution in [0, 0.1) is 38.5 Å². The Bertz CT molecular complexity index is 2780. The molecule has 3 heterocycles. The van der Waals surface area contributed by atoms with Gasteiger partial charge in [-0.3, -0.25) is 14.4 Å². The second kappa shape index (κ2) is 19.6. The number of anilines is 3. The molecule has 3 aliphatic carbocycles. The maximum Gasteiger partial charge on any atom is 0.261 e. The molecule has 3 amide bonds. The predicted octanol–water partition coefficient (Wildman–Crippen LogP) is 13.7. The van der Waals surface area contributed by atoms with Crippen LogP contribution in [-0.2, 0) is 30.8 Å². The van der Waals surface area contributed by atoms with Gasteiger partial charge in [-0.05, 0) is 171 Å². The highest BCUT2D eigenvalue weighted by molar-refractivity contribution is 6.32. The second-order valence-electron chi connectivity index (χ2n) is 20.3. The predicted molar refractivity (Wildman–Crippen MR) is 276 cm³/mol. The van der Waals surface area contributed by atoms with Gasteiger partial charge < -0.3 is 31.3 Å². The number of halogens is 3. The molecule has 0 bridgehead atoms. The zero-order valence-electron chi connectivity index (χ0n) is 39.6. The van der Waals surface area contributed by atoms with E-state index >= 15 is 0 Å². The van der Waals surface area contributed by atoms with E-state index in [9.17, 15) is 29.7 Å². The highest BCUT2D eigenvalue weighted by Crippen LogP contribution is 2.56. The molecule has 6 aliphatic rings. The number of hydrogen-bond donors (Lipinski definition) is 6. The number of fused-ring (bicyclic) bond motifs is 3. The fraction of sp³-hybridized carbons (Fsp3) is 0.421. The Balaban J connectivity index is 0.000000130. The van der Waals surface area contributed by atoms with E-state index in [1.165, 1.54) is 19.3 Å². The van der Waals surface area contributed by atoms with Gasteiger partial charge >= 0.3 is 0 Å². The van der Waals surface area contributed by atoms with Crippen molar-refractivity contribution in [1.29, 1.82) is 0 Å². The molecule has 9 nitrogen and oxygen atoms in total. The topological polar surface area (TPSA) is 148 Å². The van der Waals surface area contributed by atoms with Crippen LogP contribution in [0.25, 0.3) is 0 Å². The van der Waals surface area contributed by atoms with Gasteiger partial charge in [-0.2, -0.15) is 0 Å². The molecule has 3 aliphatic heterocycles. The Hall–Kier alpha value is -5.06. The van der Waals surface area contributed by atoms with Crippen LogP contribution in [0.5, 0.6) is 11.5 Å². The minimum Gasteiger partial charge on any atom is -0.508 e. The molecule has 69 heavy (non-hydrogen) atoms. The van der Waals surface area contributed by atoms with Crippen LogP contribution in [0.3, 0.4) is 0 Å². The smallest absolute Gasteiger partial charge is 0.261 e. The van der Waals surface area contributed by atoms with Gasteiger partial charge in [-0.1, -0.05) is 117 Å². The van der Waals surface area contributed by atoms with Crippen molar-refractivity contribution in [2.75, 3.05) is 16.0 Å². The van der Waals surface area contributed by atoms with Crippen LogP contribution in [0.4, 0.5) is 17.1 Å². The molecule has 0 saturated heterocycles. The zero-order valence-corrected chi connectivity index (χ0v) is 41.9. The summed E-state index contributed by atoms with van der Waals surface area (Å²) in [4.78, 5) is 39.1. The quantitative estimate of drug-likeness (QED) is 0.0966. The highest BCUT2D eigenvalue weighted by atomic mass is 35.5. The third-order valence-electron chi connectivity index (χ3n) is 16.2. The van der Waals surface area contributed by atoms with Gasteiger partial charge in [0.2, 0.25) is 11.8 Å². The molecule has 3 fully saturated rings. The van der Waals surface area contributed by atoms with Crippen molar-refractivity contribution in [2.24, 2.45) is 17.8 Å². The third-order valence-corrected chi connectivity index (χ3v) is 16.9. The number of benzene rings is 5. The molecule has 12 heteroatoms. The van der Waals surface area contributed by atoms with Crippen molar-refractivity contribution in [3.05, 3.63) is 145 Å². The van der Waals surface area contributed by atoms with Gasteiger partial charge in [-0.25, -0.2) is 0 Å². The normalized spacial score (nSPS) is 24.4. The van der Waals surface area contributed by atoms with E-state index in [0.717, 1.165) is 133 Å². The molecule has 362 valence electrons. The largest absolute Gasteiger partial charge is 0.508 e. The first-order valence-corrected chi connectivity index (χ1v) is 25.9. The number of nitrogens with one attached hydrogen (secondary N) is 3. The lowest BCUT2D eigenvalue weighted by molar-refractivity contribution is -0.140. The van der Waals surface area contributed by atoms with Gasteiger partial charge in [0.25, 0.3) is 5.91 Å². The monoisotopic (exact) mass is 989 g/mol. The van der Waals surface area contributed by atoms with Crippen LogP contribution in [-0.4, -0.2) is 33.0 Å².